The maximum absolute atomic E-state index is 12.2. The molecule has 0 bridgehead atoms. The largest absolute Gasteiger partial charge is 0.478 e. The topological polar surface area (TPSA) is 57.6 Å². The van der Waals surface area contributed by atoms with Gasteiger partial charge in [-0.1, -0.05) is 6.92 Å². The van der Waals surface area contributed by atoms with Gasteiger partial charge in [-0.25, -0.2) is 4.79 Å². The van der Waals surface area contributed by atoms with E-state index in [0.29, 0.717) is 11.5 Å². The quantitative estimate of drug-likeness (QED) is 0.872. The van der Waals surface area contributed by atoms with Gasteiger partial charge in [0, 0.05) is 18.7 Å². The third-order valence-corrected chi connectivity index (χ3v) is 3.45. The minimum Gasteiger partial charge on any atom is -0.478 e. The van der Waals surface area contributed by atoms with Gasteiger partial charge in [-0.3, -0.25) is 4.79 Å². The highest BCUT2D eigenvalue weighted by molar-refractivity contribution is 5.95. The third kappa shape index (κ3) is 2.70. The van der Waals surface area contributed by atoms with Gasteiger partial charge in [-0.2, -0.15) is 0 Å². The molecule has 0 spiro atoms. The van der Waals surface area contributed by atoms with Crippen molar-refractivity contribution in [1.82, 2.24) is 4.90 Å². The lowest BCUT2D eigenvalue weighted by Gasteiger charge is -2.30. The van der Waals surface area contributed by atoms with Crippen molar-refractivity contribution in [3.8, 4) is 0 Å². The molecule has 0 aromatic heterocycles. The summed E-state index contributed by atoms with van der Waals surface area (Å²) in [5.41, 5.74) is 0.772. The number of nitrogens with zero attached hydrogens (tertiary/aromatic N) is 1. The lowest BCUT2D eigenvalue weighted by atomic mass is 9.98. The average molecular weight is 247 g/mol. The molecule has 2 rings (SSSR count). The summed E-state index contributed by atoms with van der Waals surface area (Å²) in [6.07, 6.45) is 2.08. The molecule has 4 nitrogen and oxygen atoms in total. The summed E-state index contributed by atoms with van der Waals surface area (Å²) < 4.78 is 0. The zero-order chi connectivity index (χ0) is 13.1. The van der Waals surface area contributed by atoms with E-state index in [-0.39, 0.29) is 11.5 Å². The molecule has 18 heavy (non-hydrogen) atoms. The monoisotopic (exact) mass is 247 g/mol. The van der Waals surface area contributed by atoms with Crippen molar-refractivity contribution < 1.29 is 14.7 Å². The summed E-state index contributed by atoms with van der Waals surface area (Å²) >= 11 is 0. The van der Waals surface area contributed by atoms with Crippen molar-refractivity contribution >= 4 is 11.9 Å². The molecule has 1 aromatic rings. The standard InChI is InChI=1S/C14H17NO3/c1-10-6-8-15(9-7-10)13(16)11-2-4-12(5-3-11)14(17)18/h2-5,10H,6-9H2,1H3,(H,17,18). The van der Waals surface area contributed by atoms with Crippen molar-refractivity contribution in [3.63, 3.8) is 0 Å². The molecule has 0 unspecified atom stereocenters. The number of carbonyl (C=O) groups is 2. The van der Waals surface area contributed by atoms with Crippen LogP contribution in [0.3, 0.4) is 0 Å². The fraction of sp³-hybridized carbons (Fsp3) is 0.429. The highest BCUT2D eigenvalue weighted by atomic mass is 16.4. The highest BCUT2D eigenvalue weighted by Gasteiger charge is 2.21. The van der Waals surface area contributed by atoms with Crippen LogP contribution in [-0.2, 0) is 0 Å². The van der Waals surface area contributed by atoms with E-state index in [4.69, 9.17) is 5.11 Å². The van der Waals surface area contributed by atoms with Gasteiger partial charge in [-0.15, -0.1) is 0 Å². The van der Waals surface area contributed by atoms with Gasteiger partial charge in [0.15, 0.2) is 0 Å². The zero-order valence-corrected chi connectivity index (χ0v) is 10.4. The number of piperidine rings is 1. The van der Waals surface area contributed by atoms with Crippen LogP contribution in [0.2, 0.25) is 0 Å². The second-order valence-corrected chi connectivity index (χ2v) is 4.86. The minimum atomic E-state index is -0.971. The Hall–Kier alpha value is -1.84. The van der Waals surface area contributed by atoms with Crippen LogP contribution in [0.15, 0.2) is 24.3 Å². The lowest BCUT2D eigenvalue weighted by molar-refractivity contribution is 0.0683. The summed E-state index contributed by atoms with van der Waals surface area (Å²) in [6.45, 7) is 3.78. The van der Waals surface area contributed by atoms with Crippen LogP contribution in [0.25, 0.3) is 0 Å². The van der Waals surface area contributed by atoms with Crippen LogP contribution in [0, 0.1) is 5.92 Å². The Kier molecular flexibility index (Phi) is 3.65. The van der Waals surface area contributed by atoms with Gasteiger partial charge < -0.3 is 10.0 Å². The second-order valence-electron chi connectivity index (χ2n) is 4.86. The molecular formula is C14H17NO3. The van der Waals surface area contributed by atoms with E-state index >= 15 is 0 Å². The number of likely N-dealkylation sites (tertiary alicyclic amines) is 1. The number of amides is 1. The fourth-order valence-corrected chi connectivity index (χ4v) is 2.15. The first-order valence-electron chi connectivity index (χ1n) is 6.20. The van der Waals surface area contributed by atoms with E-state index < -0.39 is 5.97 Å². The third-order valence-electron chi connectivity index (χ3n) is 3.45. The van der Waals surface area contributed by atoms with Crippen LogP contribution >= 0.6 is 0 Å². The van der Waals surface area contributed by atoms with E-state index in [1.807, 2.05) is 4.90 Å². The minimum absolute atomic E-state index is 0.00108. The molecule has 1 aromatic carbocycles. The number of carboxylic acid groups (broad SMARTS) is 1. The molecule has 1 amide bonds. The molecule has 1 heterocycles. The van der Waals surface area contributed by atoms with Crippen molar-refractivity contribution in [2.45, 2.75) is 19.8 Å². The average Bonchev–Trinajstić information content (AvgIpc) is 2.39. The van der Waals surface area contributed by atoms with Crippen molar-refractivity contribution in [1.29, 1.82) is 0 Å². The molecule has 1 fully saturated rings. The van der Waals surface area contributed by atoms with Gasteiger partial charge >= 0.3 is 5.97 Å². The Labute approximate surface area is 106 Å². The van der Waals surface area contributed by atoms with Crippen molar-refractivity contribution in [2.24, 2.45) is 5.92 Å². The van der Waals surface area contributed by atoms with E-state index in [2.05, 4.69) is 6.92 Å². The van der Waals surface area contributed by atoms with E-state index in [1.165, 1.54) is 12.1 Å². The van der Waals surface area contributed by atoms with Gasteiger partial charge in [0.25, 0.3) is 5.91 Å². The van der Waals surface area contributed by atoms with Crippen molar-refractivity contribution in [3.05, 3.63) is 35.4 Å². The second kappa shape index (κ2) is 5.21. The van der Waals surface area contributed by atoms with Crippen LogP contribution in [0.5, 0.6) is 0 Å². The van der Waals surface area contributed by atoms with Crippen LogP contribution in [0.4, 0.5) is 0 Å². The number of carboxylic acids is 1. The lowest BCUT2D eigenvalue weighted by Crippen LogP contribution is -2.37. The molecule has 0 atom stereocenters. The van der Waals surface area contributed by atoms with Gasteiger partial charge in [-0.05, 0) is 43.0 Å². The zero-order valence-electron chi connectivity index (χ0n) is 10.4. The van der Waals surface area contributed by atoms with E-state index in [9.17, 15) is 9.59 Å². The molecule has 0 aliphatic carbocycles. The van der Waals surface area contributed by atoms with Crippen LogP contribution < -0.4 is 0 Å². The molecule has 1 N–H and O–H groups in total. The Bertz CT molecular complexity index is 445. The summed E-state index contributed by atoms with van der Waals surface area (Å²) in [5, 5.41) is 8.80. The maximum atomic E-state index is 12.2. The number of rotatable bonds is 2. The number of benzene rings is 1. The molecule has 1 saturated heterocycles. The van der Waals surface area contributed by atoms with Crippen LogP contribution in [-0.4, -0.2) is 35.0 Å². The molecule has 0 saturated carbocycles. The Morgan fingerprint density at radius 2 is 1.61 bits per heavy atom. The summed E-state index contributed by atoms with van der Waals surface area (Å²) in [7, 11) is 0. The van der Waals surface area contributed by atoms with Gasteiger partial charge in [0.2, 0.25) is 0 Å². The van der Waals surface area contributed by atoms with E-state index in [0.717, 1.165) is 25.9 Å². The predicted molar refractivity (Wildman–Crippen MR) is 67.7 cm³/mol. The predicted octanol–water partition coefficient (Wildman–Crippen LogP) is 2.26. The Morgan fingerprint density at radius 3 is 2.11 bits per heavy atom. The first kappa shape index (κ1) is 12.6. The fourth-order valence-electron chi connectivity index (χ4n) is 2.15. The summed E-state index contributed by atoms with van der Waals surface area (Å²) in [4.78, 5) is 24.7. The number of carbonyl (C=O) groups excluding carboxylic acids is 1. The highest BCUT2D eigenvalue weighted by Crippen LogP contribution is 2.18. The van der Waals surface area contributed by atoms with Crippen LogP contribution in [0.1, 0.15) is 40.5 Å². The van der Waals surface area contributed by atoms with Crippen molar-refractivity contribution in [2.75, 3.05) is 13.1 Å². The number of hydrogen-bond acceptors (Lipinski definition) is 2. The molecule has 4 heteroatoms. The molecular weight excluding hydrogens is 230 g/mol. The maximum Gasteiger partial charge on any atom is 0.335 e. The first-order chi connectivity index (χ1) is 8.58. The number of aromatic carboxylic acids is 1. The normalized spacial score (nSPS) is 16.6. The summed E-state index contributed by atoms with van der Waals surface area (Å²) in [5.74, 6) is -0.289. The molecule has 96 valence electrons. The van der Waals surface area contributed by atoms with E-state index in [1.54, 1.807) is 12.1 Å². The Morgan fingerprint density at radius 1 is 1.11 bits per heavy atom. The molecule has 1 aliphatic heterocycles. The molecule has 1 aliphatic rings. The van der Waals surface area contributed by atoms with Gasteiger partial charge in [0.05, 0.1) is 5.56 Å². The smallest absolute Gasteiger partial charge is 0.335 e. The first-order valence-corrected chi connectivity index (χ1v) is 6.20. The SMILES string of the molecule is CC1CCN(C(=O)c2ccc(C(=O)O)cc2)CC1. The number of hydrogen-bond donors (Lipinski definition) is 1. The Balaban J connectivity index is 2.07. The molecule has 0 radical (unpaired) electrons. The summed E-state index contributed by atoms with van der Waals surface area (Å²) in [6, 6.07) is 6.12. The van der Waals surface area contributed by atoms with Gasteiger partial charge in [0.1, 0.15) is 0 Å².